The Morgan fingerprint density at radius 2 is 1.14 bits per heavy atom. The second kappa shape index (κ2) is 6.00. The summed E-state index contributed by atoms with van der Waals surface area (Å²) < 4.78 is 2.14. The molecule has 0 aliphatic carbocycles. The van der Waals surface area contributed by atoms with E-state index in [2.05, 4.69) is 4.57 Å². The molecule has 0 fully saturated rings. The van der Waals surface area contributed by atoms with E-state index in [9.17, 15) is 20.2 Å². The van der Waals surface area contributed by atoms with Gasteiger partial charge in [-0.15, -0.1) is 0 Å². The molecule has 0 aliphatic heterocycles. The zero-order valence-corrected chi connectivity index (χ0v) is 15.5. The smallest absolute Gasteiger partial charge is 0.277 e. The van der Waals surface area contributed by atoms with Crippen molar-refractivity contribution < 1.29 is 9.85 Å². The van der Waals surface area contributed by atoms with Gasteiger partial charge in [0, 0.05) is 40.5 Å². The van der Waals surface area contributed by atoms with E-state index >= 15 is 0 Å². The lowest BCUT2D eigenvalue weighted by molar-refractivity contribution is -0.383. The summed E-state index contributed by atoms with van der Waals surface area (Å²) >= 11 is 0. The van der Waals surface area contributed by atoms with Crippen LogP contribution in [0.1, 0.15) is 6.92 Å². The van der Waals surface area contributed by atoms with Crippen molar-refractivity contribution in [3.05, 3.63) is 80.9 Å². The Bertz CT molecular complexity index is 1390. The molecule has 7 nitrogen and oxygen atoms in total. The second-order valence-corrected chi connectivity index (χ2v) is 6.92. The first-order valence-electron chi connectivity index (χ1n) is 9.21. The molecule has 1 aromatic heterocycles. The third kappa shape index (κ3) is 2.24. The highest BCUT2D eigenvalue weighted by Gasteiger charge is 2.21. The van der Waals surface area contributed by atoms with Crippen molar-refractivity contribution in [1.82, 2.24) is 4.57 Å². The predicted molar refractivity (Wildman–Crippen MR) is 113 cm³/mol. The standard InChI is InChI=1S/C22H15N3O4/c1-2-23-19-11-9-13-15(5-3-7-17(13)24(26)27)21(19)22-16-6-4-8-18(25(28)29)14(16)10-12-20(22)23/h3-12H,2H2,1H3. The van der Waals surface area contributed by atoms with Crippen LogP contribution in [0, 0.1) is 20.2 Å². The van der Waals surface area contributed by atoms with E-state index in [-0.39, 0.29) is 21.2 Å². The number of hydrogen-bond acceptors (Lipinski definition) is 4. The molecule has 29 heavy (non-hydrogen) atoms. The normalized spacial score (nSPS) is 11.6. The Morgan fingerprint density at radius 1 is 0.690 bits per heavy atom. The van der Waals surface area contributed by atoms with Gasteiger partial charge in [0.15, 0.2) is 0 Å². The van der Waals surface area contributed by atoms with E-state index in [1.165, 1.54) is 12.1 Å². The summed E-state index contributed by atoms with van der Waals surface area (Å²) in [5, 5.41) is 27.5. The number of benzene rings is 4. The van der Waals surface area contributed by atoms with Crippen LogP contribution >= 0.6 is 0 Å². The quantitative estimate of drug-likeness (QED) is 0.284. The number of aromatic nitrogens is 1. The number of hydrogen-bond donors (Lipinski definition) is 0. The van der Waals surface area contributed by atoms with Gasteiger partial charge in [0.25, 0.3) is 11.4 Å². The molecule has 142 valence electrons. The van der Waals surface area contributed by atoms with Gasteiger partial charge in [0.2, 0.25) is 0 Å². The van der Waals surface area contributed by atoms with Gasteiger partial charge < -0.3 is 4.57 Å². The molecule has 5 rings (SSSR count). The zero-order valence-electron chi connectivity index (χ0n) is 15.5. The summed E-state index contributed by atoms with van der Waals surface area (Å²) in [5.74, 6) is 0. The Labute approximate surface area is 164 Å². The number of rotatable bonds is 3. The van der Waals surface area contributed by atoms with Crippen LogP contribution in [0.5, 0.6) is 0 Å². The molecule has 7 heteroatoms. The van der Waals surface area contributed by atoms with Crippen molar-refractivity contribution in [1.29, 1.82) is 0 Å². The number of fused-ring (bicyclic) bond motifs is 7. The maximum absolute atomic E-state index is 11.5. The minimum absolute atomic E-state index is 0.0491. The monoisotopic (exact) mass is 385 g/mol. The zero-order chi connectivity index (χ0) is 20.3. The summed E-state index contributed by atoms with van der Waals surface area (Å²) in [6.45, 7) is 2.75. The van der Waals surface area contributed by atoms with Gasteiger partial charge in [-0.2, -0.15) is 0 Å². The van der Waals surface area contributed by atoms with Crippen LogP contribution in [0.3, 0.4) is 0 Å². The summed E-state index contributed by atoms with van der Waals surface area (Å²) in [6.07, 6.45) is 0. The van der Waals surface area contributed by atoms with Crippen LogP contribution in [0.25, 0.3) is 43.4 Å². The van der Waals surface area contributed by atoms with E-state index in [0.29, 0.717) is 17.3 Å². The lowest BCUT2D eigenvalue weighted by Gasteiger charge is -2.04. The van der Waals surface area contributed by atoms with Crippen molar-refractivity contribution in [3.63, 3.8) is 0 Å². The van der Waals surface area contributed by atoms with Crippen LogP contribution in [0.4, 0.5) is 11.4 Å². The number of aryl methyl sites for hydroxylation is 1. The van der Waals surface area contributed by atoms with Crippen molar-refractivity contribution in [2.75, 3.05) is 0 Å². The van der Waals surface area contributed by atoms with Gasteiger partial charge in [-0.3, -0.25) is 20.2 Å². The summed E-state index contributed by atoms with van der Waals surface area (Å²) in [4.78, 5) is 22.3. The molecule has 0 atom stereocenters. The van der Waals surface area contributed by atoms with Gasteiger partial charge in [0.05, 0.1) is 20.6 Å². The first kappa shape index (κ1) is 17.1. The molecule has 0 aliphatic rings. The summed E-state index contributed by atoms with van der Waals surface area (Å²) in [7, 11) is 0. The Balaban J connectivity index is 2.10. The summed E-state index contributed by atoms with van der Waals surface area (Å²) in [6, 6.07) is 17.5. The number of non-ortho nitro benzene ring substituents is 2. The molecular weight excluding hydrogens is 370 g/mol. The molecule has 0 saturated heterocycles. The van der Waals surface area contributed by atoms with Gasteiger partial charge in [0.1, 0.15) is 0 Å². The summed E-state index contributed by atoms with van der Waals surface area (Å²) in [5.41, 5.74) is 2.00. The molecule has 0 amide bonds. The topological polar surface area (TPSA) is 91.2 Å². The van der Waals surface area contributed by atoms with Crippen LogP contribution < -0.4 is 0 Å². The fraction of sp³-hybridized carbons (Fsp3) is 0.0909. The van der Waals surface area contributed by atoms with Crippen LogP contribution in [-0.2, 0) is 6.54 Å². The van der Waals surface area contributed by atoms with E-state index < -0.39 is 0 Å². The van der Waals surface area contributed by atoms with E-state index in [0.717, 1.165) is 32.6 Å². The third-order valence-electron chi connectivity index (χ3n) is 5.57. The van der Waals surface area contributed by atoms with Crippen molar-refractivity contribution >= 4 is 54.7 Å². The van der Waals surface area contributed by atoms with E-state index in [1.807, 2.05) is 31.2 Å². The molecule has 0 N–H and O–H groups in total. The third-order valence-corrected chi connectivity index (χ3v) is 5.57. The highest BCUT2D eigenvalue weighted by molar-refractivity contribution is 6.29. The average molecular weight is 385 g/mol. The average Bonchev–Trinajstić information content (AvgIpc) is 3.06. The van der Waals surface area contributed by atoms with E-state index in [4.69, 9.17) is 0 Å². The largest absolute Gasteiger partial charge is 0.341 e. The number of nitro benzene ring substituents is 2. The van der Waals surface area contributed by atoms with E-state index in [1.54, 1.807) is 24.3 Å². The fourth-order valence-electron chi connectivity index (χ4n) is 4.42. The minimum Gasteiger partial charge on any atom is -0.341 e. The minimum atomic E-state index is -0.379. The lowest BCUT2D eigenvalue weighted by Crippen LogP contribution is -1.94. The van der Waals surface area contributed by atoms with Crippen molar-refractivity contribution in [2.24, 2.45) is 0 Å². The SMILES string of the molecule is CCn1c2ccc3c([N+](=O)[O-])cccc3c2c2c3cccc([N+](=O)[O-])c3ccc21. The van der Waals surface area contributed by atoms with Crippen LogP contribution in [0.15, 0.2) is 60.7 Å². The van der Waals surface area contributed by atoms with Crippen molar-refractivity contribution in [3.8, 4) is 0 Å². The molecular formula is C22H15N3O4. The second-order valence-electron chi connectivity index (χ2n) is 6.92. The fourth-order valence-corrected chi connectivity index (χ4v) is 4.42. The van der Waals surface area contributed by atoms with Gasteiger partial charge >= 0.3 is 0 Å². The molecule has 0 spiro atoms. The Hall–Kier alpha value is -4.00. The lowest BCUT2D eigenvalue weighted by atomic mass is 9.98. The molecule has 0 bridgehead atoms. The van der Waals surface area contributed by atoms with Gasteiger partial charge in [-0.25, -0.2) is 0 Å². The maximum Gasteiger partial charge on any atom is 0.277 e. The van der Waals surface area contributed by atoms with Gasteiger partial charge in [-0.05, 0) is 42.0 Å². The van der Waals surface area contributed by atoms with Crippen molar-refractivity contribution in [2.45, 2.75) is 13.5 Å². The molecule has 0 radical (unpaired) electrons. The highest BCUT2D eigenvalue weighted by atomic mass is 16.6. The molecule has 0 unspecified atom stereocenters. The molecule has 1 heterocycles. The molecule has 4 aromatic carbocycles. The first-order chi connectivity index (χ1) is 14.0. The predicted octanol–water partition coefficient (Wildman–Crippen LogP) is 5.94. The highest BCUT2D eigenvalue weighted by Crippen LogP contribution is 2.42. The van der Waals surface area contributed by atoms with Crippen LogP contribution in [0.2, 0.25) is 0 Å². The molecule has 5 aromatic rings. The maximum atomic E-state index is 11.5. The number of nitrogens with zero attached hydrogens (tertiary/aromatic N) is 3. The van der Waals surface area contributed by atoms with Crippen LogP contribution in [-0.4, -0.2) is 14.4 Å². The first-order valence-corrected chi connectivity index (χ1v) is 9.21. The Morgan fingerprint density at radius 3 is 1.52 bits per heavy atom. The molecule has 0 saturated carbocycles. The van der Waals surface area contributed by atoms with Gasteiger partial charge in [-0.1, -0.05) is 24.3 Å². The number of nitro groups is 2. The Kier molecular flexibility index (Phi) is 3.54.